The summed E-state index contributed by atoms with van der Waals surface area (Å²) in [6.07, 6.45) is -0.209. The first kappa shape index (κ1) is 23.6. The van der Waals surface area contributed by atoms with E-state index < -0.39 is 0 Å². The lowest BCUT2D eigenvalue weighted by atomic mass is 10.1. The Bertz CT molecular complexity index is 1830. The molecule has 5 aromatic carbocycles. The maximum absolute atomic E-state index is 5.21. The summed E-state index contributed by atoms with van der Waals surface area (Å²) in [5.41, 5.74) is 6.51. The van der Waals surface area contributed by atoms with Gasteiger partial charge in [-0.2, -0.15) is 0 Å². The van der Waals surface area contributed by atoms with Crippen molar-refractivity contribution in [3.63, 3.8) is 0 Å². The van der Waals surface area contributed by atoms with Crippen LogP contribution in [0.3, 0.4) is 0 Å². The molecule has 0 saturated heterocycles. The van der Waals surface area contributed by atoms with E-state index in [0.29, 0.717) is 0 Å². The molecule has 0 N–H and O–H groups in total. The fourth-order valence-corrected chi connectivity index (χ4v) is 6.06. The minimum Gasteiger partial charge on any atom is -0.333 e. The zero-order valence-corrected chi connectivity index (χ0v) is 23.0. The first-order chi connectivity index (χ1) is 19.2. The van der Waals surface area contributed by atoms with Crippen molar-refractivity contribution in [2.75, 3.05) is 7.05 Å². The highest BCUT2D eigenvalue weighted by Gasteiger charge is 2.29. The molecule has 5 heteroatoms. The molecule has 1 aliphatic rings. The number of hydrogen-bond donors (Lipinski definition) is 0. The Labute approximate surface area is 235 Å². The van der Waals surface area contributed by atoms with Crippen molar-refractivity contribution >= 4 is 49.4 Å². The molecule has 1 aromatic heterocycles. The van der Waals surface area contributed by atoms with Crippen molar-refractivity contribution in [1.29, 1.82) is 0 Å². The van der Waals surface area contributed by atoms with Gasteiger partial charge in [0, 0.05) is 33.4 Å². The second-order valence-electron chi connectivity index (χ2n) is 9.66. The van der Waals surface area contributed by atoms with Gasteiger partial charge in [-0.15, -0.1) is 0 Å². The van der Waals surface area contributed by atoms with Crippen molar-refractivity contribution in [2.45, 2.75) is 6.17 Å². The number of rotatable bonds is 4. The quantitative estimate of drug-likeness (QED) is 0.210. The van der Waals surface area contributed by atoms with E-state index in [-0.39, 0.29) is 6.17 Å². The molecule has 2 heterocycles. The summed E-state index contributed by atoms with van der Waals surface area (Å²) < 4.78 is 3.36. The van der Waals surface area contributed by atoms with Crippen molar-refractivity contribution in [1.82, 2.24) is 9.47 Å². The molecule has 0 fully saturated rings. The van der Waals surface area contributed by atoms with E-state index in [1.54, 1.807) is 0 Å². The molecule has 0 spiro atoms. The number of nitrogens with zero attached hydrogens (tertiary/aromatic N) is 4. The van der Waals surface area contributed by atoms with E-state index in [9.17, 15) is 0 Å². The van der Waals surface area contributed by atoms with Crippen LogP contribution in [0, 0.1) is 0 Å². The Kier molecular flexibility index (Phi) is 5.86. The number of hydrogen-bond acceptors (Lipinski definition) is 3. The van der Waals surface area contributed by atoms with Gasteiger partial charge in [0.15, 0.2) is 5.84 Å². The zero-order valence-electron chi connectivity index (χ0n) is 21.4. The monoisotopic (exact) mass is 568 g/mol. The highest BCUT2D eigenvalue weighted by Crippen LogP contribution is 2.38. The number of benzene rings is 5. The van der Waals surface area contributed by atoms with Gasteiger partial charge >= 0.3 is 0 Å². The molecule has 7 rings (SSSR count). The van der Waals surface area contributed by atoms with Crippen LogP contribution < -0.4 is 0 Å². The Hall–Kier alpha value is -4.48. The van der Waals surface area contributed by atoms with Crippen LogP contribution in [0.4, 0.5) is 0 Å². The van der Waals surface area contributed by atoms with Gasteiger partial charge in [0.1, 0.15) is 12.0 Å². The topological polar surface area (TPSA) is 32.9 Å². The number of halogens is 1. The molecule has 188 valence electrons. The Morgan fingerprint density at radius 1 is 0.641 bits per heavy atom. The van der Waals surface area contributed by atoms with E-state index >= 15 is 0 Å². The van der Waals surface area contributed by atoms with E-state index in [0.717, 1.165) is 49.6 Å². The predicted octanol–water partition coefficient (Wildman–Crippen LogP) is 8.38. The van der Waals surface area contributed by atoms with Crippen LogP contribution in [0.5, 0.6) is 0 Å². The van der Waals surface area contributed by atoms with Gasteiger partial charge in [-0.25, -0.2) is 9.98 Å². The van der Waals surface area contributed by atoms with Crippen LogP contribution in [-0.2, 0) is 0 Å². The molecule has 0 aliphatic carbocycles. The number of amidine groups is 2. The SMILES string of the molecule is CN1C(c2cccc(Br)c2-n2c3ccccc3c3ccccc32)=NC(c2ccccc2)=NC1c1ccccc1. The third-order valence-electron chi connectivity index (χ3n) is 7.32. The molecule has 1 atom stereocenters. The highest BCUT2D eigenvalue weighted by atomic mass is 79.9. The largest absolute Gasteiger partial charge is 0.333 e. The summed E-state index contributed by atoms with van der Waals surface area (Å²) in [6, 6.07) is 44.2. The third-order valence-corrected chi connectivity index (χ3v) is 7.96. The summed E-state index contributed by atoms with van der Waals surface area (Å²) in [5, 5.41) is 2.45. The lowest BCUT2D eigenvalue weighted by Gasteiger charge is -2.33. The zero-order chi connectivity index (χ0) is 26.3. The summed E-state index contributed by atoms with van der Waals surface area (Å²) >= 11 is 3.92. The van der Waals surface area contributed by atoms with Gasteiger partial charge in [-0.1, -0.05) is 103 Å². The minimum absolute atomic E-state index is 0.209. The van der Waals surface area contributed by atoms with Crippen molar-refractivity contribution in [2.24, 2.45) is 9.98 Å². The lowest BCUT2D eigenvalue weighted by molar-refractivity contribution is 0.383. The van der Waals surface area contributed by atoms with E-state index in [1.165, 1.54) is 10.8 Å². The van der Waals surface area contributed by atoms with E-state index in [2.05, 4.69) is 136 Å². The van der Waals surface area contributed by atoms with Crippen molar-refractivity contribution in [3.05, 3.63) is 149 Å². The van der Waals surface area contributed by atoms with Crippen LogP contribution in [0.15, 0.2) is 142 Å². The lowest BCUT2D eigenvalue weighted by Crippen LogP contribution is -2.36. The molecule has 4 nitrogen and oxygen atoms in total. The minimum atomic E-state index is -0.209. The fourth-order valence-electron chi connectivity index (χ4n) is 5.51. The second-order valence-corrected chi connectivity index (χ2v) is 10.5. The molecular weight excluding hydrogens is 544 g/mol. The number of para-hydroxylation sites is 3. The van der Waals surface area contributed by atoms with Gasteiger partial charge in [-0.3, -0.25) is 0 Å². The first-order valence-corrected chi connectivity index (χ1v) is 13.8. The number of aromatic nitrogens is 1. The molecule has 1 unspecified atom stereocenters. The average Bonchev–Trinajstić information content (AvgIpc) is 3.32. The molecular formula is C34H25BrN4. The Balaban J connectivity index is 1.50. The highest BCUT2D eigenvalue weighted by molar-refractivity contribution is 9.10. The van der Waals surface area contributed by atoms with Gasteiger partial charge in [0.05, 0.1) is 16.7 Å². The van der Waals surface area contributed by atoms with E-state index in [1.807, 2.05) is 24.3 Å². The first-order valence-electron chi connectivity index (χ1n) is 13.0. The summed E-state index contributed by atoms with van der Waals surface area (Å²) in [6.45, 7) is 0. The van der Waals surface area contributed by atoms with Gasteiger partial charge in [0.2, 0.25) is 0 Å². The summed E-state index contributed by atoms with van der Waals surface area (Å²) in [4.78, 5) is 12.5. The molecule has 6 aromatic rings. The Morgan fingerprint density at radius 3 is 1.90 bits per heavy atom. The normalized spacial score (nSPS) is 15.4. The van der Waals surface area contributed by atoms with Crippen LogP contribution in [0.25, 0.3) is 27.5 Å². The number of aliphatic imine (C=N–C) groups is 2. The summed E-state index contributed by atoms with van der Waals surface area (Å²) in [7, 11) is 2.08. The van der Waals surface area contributed by atoms with Gasteiger partial charge in [0.25, 0.3) is 0 Å². The van der Waals surface area contributed by atoms with Gasteiger partial charge < -0.3 is 9.47 Å². The molecule has 0 radical (unpaired) electrons. The average molecular weight is 570 g/mol. The van der Waals surface area contributed by atoms with E-state index in [4.69, 9.17) is 9.98 Å². The van der Waals surface area contributed by atoms with Crippen LogP contribution >= 0.6 is 15.9 Å². The second kappa shape index (κ2) is 9.68. The van der Waals surface area contributed by atoms with Gasteiger partial charge in [-0.05, 0) is 45.8 Å². The molecule has 0 bridgehead atoms. The molecule has 39 heavy (non-hydrogen) atoms. The maximum atomic E-state index is 5.21. The fraction of sp³-hybridized carbons (Fsp3) is 0.0588. The smallest absolute Gasteiger partial charge is 0.159 e. The molecule has 0 amide bonds. The van der Waals surface area contributed by atoms with Crippen molar-refractivity contribution in [3.8, 4) is 5.69 Å². The van der Waals surface area contributed by atoms with Crippen LogP contribution in [0.1, 0.15) is 22.9 Å². The van der Waals surface area contributed by atoms with Crippen LogP contribution in [-0.4, -0.2) is 28.2 Å². The number of fused-ring (bicyclic) bond motifs is 3. The van der Waals surface area contributed by atoms with Crippen molar-refractivity contribution < 1.29 is 0 Å². The molecule has 0 saturated carbocycles. The standard InChI is InChI=1S/C34H25BrN4/c1-38-33(24-15-6-3-7-16-24)36-32(23-13-4-2-5-14-23)37-34(38)27-19-12-20-28(35)31(27)39-29-21-10-8-17-25(29)26-18-9-11-22-30(26)39/h2-22,33H,1H3. The summed E-state index contributed by atoms with van der Waals surface area (Å²) in [5.74, 6) is 1.60. The third kappa shape index (κ3) is 3.98. The van der Waals surface area contributed by atoms with Crippen LogP contribution in [0.2, 0.25) is 0 Å². The molecule has 1 aliphatic heterocycles. The predicted molar refractivity (Wildman–Crippen MR) is 165 cm³/mol. The Morgan fingerprint density at radius 2 is 1.23 bits per heavy atom. The maximum Gasteiger partial charge on any atom is 0.159 e.